The third kappa shape index (κ3) is 3.41. The molecule has 3 rings (SSSR count). The highest BCUT2D eigenvalue weighted by Crippen LogP contribution is 2.17. The summed E-state index contributed by atoms with van der Waals surface area (Å²) in [5.74, 6) is -1.86. The summed E-state index contributed by atoms with van der Waals surface area (Å²) in [5.41, 5.74) is 4.09. The summed E-state index contributed by atoms with van der Waals surface area (Å²) in [6.07, 6.45) is 0. The molecule has 126 valence electrons. The molecule has 9 heteroatoms. The molecule has 3 N–H and O–H groups in total. The van der Waals surface area contributed by atoms with Crippen LogP contribution in [-0.4, -0.2) is 22.0 Å². The average Bonchev–Trinajstić information content (AvgIpc) is 2.60. The number of hydrogen-bond acceptors (Lipinski definition) is 4. The predicted octanol–water partition coefficient (Wildman–Crippen LogP) is 1.90. The molecule has 1 heterocycles. The molecule has 25 heavy (non-hydrogen) atoms. The van der Waals surface area contributed by atoms with Crippen molar-refractivity contribution in [1.82, 2.24) is 21.0 Å². The molecular formula is C16H10BrFN4O3. The van der Waals surface area contributed by atoms with Crippen molar-refractivity contribution < 1.29 is 14.0 Å². The van der Waals surface area contributed by atoms with E-state index in [0.717, 1.165) is 12.1 Å². The lowest BCUT2D eigenvalue weighted by molar-refractivity contribution is 0.0844. The molecule has 7 nitrogen and oxygen atoms in total. The van der Waals surface area contributed by atoms with E-state index in [9.17, 15) is 18.8 Å². The molecule has 2 amide bonds. The molecule has 3 aromatic rings. The van der Waals surface area contributed by atoms with Crippen molar-refractivity contribution in [3.05, 3.63) is 74.4 Å². The largest absolute Gasteiger partial charge is 0.290 e. The second kappa shape index (κ2) is 6.81. The second-order valence-corrected chi connectivity index (χ2v) is 5.83. The quantitative estimate of drug-likeness (QED) is 0.567. The number of hydrazine groups is 1. The summed E-state index contributed by atoms with van der Waals surface area (Å²) < 4.78 is 13.3. The predicted molar refractivity (Wildman–Crippen MR) is 91.4 cm³/mol. The minimum Gasteiger partial charge on any atom is -0.267 e. The molecule has 1 aromatic heterocycles. The Morgan fingerprint density at radius 2 is 1.72 bits per heavy atom. The zero-order valence-electron chi connectivity index (χ0n) is 12.5. The summed E-state index contributed by atoms with van der Waals surface area (Å²) in [6.45, 7) is 0. The van der Waals surface area contributed by atoms with Gasteiger partial charge in [0.15, 0.2) is 5.69 Å². The minimum atomic E-state index is -0.709. The highest BCUT2D eigenvalue weighted by molar-refractivity contribution is 9.10. The van der Waals surface area contributed by atoms with Gasteiger partial charge in [-0.25, -0.2) is 9.49 Å². The Balaban J connectivity index is 1.80. The van der Waals surface area contributed by atoms with Crippen molar-refractivity contribution in [1.29, 1.82) is 0 Å². The van der Waals surface area contributed by atoms with Crippen LogP contribution in [-0.2, 0) is 0 Å². The number of aromatic amines is 1. The van der Waals surface area contributed by atoms with Crippen LogP contribution in [0.3, 0.4) is 0 Å². The molecule has 0 bridgehead atoms. The van der Waals surface area contributed by atoms with E-state index in [1.165, 1.54) is 6.07 Å². The van der Waals surface area contributed by atoms with Gasteiger partial charge in [0.2, 0.25) is 0 Å². The van der Waals surface area contributed by atoms with Crippen LogP contribution in [0.1, 0.15) is 20.8 Å². The van der Waals surface area contributed by atoms with Gasteiger partial charge in [0, 0.05) is 9.86 Å². The SMILES string of the molecule is O=C(NNC(=O)c1n[nH]c(=O)c2ccccc12)c1ccc(F)cc1Br. The van der Waals surface area contributed by atoms with Gasteiger partial charge < -0.3 is 0 Å². The molecule has 0 atom stereocenters. The monoisotopic (exact) mass is 404 g/mol. The first-order chi connectivity index (χ1) is 12.0. The fraction of sp³-hybridized carbons (Fsp3) is 0. The van der Waals surface area contributed by atoms with E-state index in [1.807, 2.05) is 0 Å². The number of benzene rings is 2. The lowest BCUT2D eigenvalue weighted by atomic mass is 10.1. The van der Waals surface area contributed by atoms with Crippen molar-refractivity contribution in [2.24, 2.45) is 0 Å². The summed E-state index contributed by atoms with van der Waals surface area (Å²) in [5, 5.41) is 6.61. The van der Waals surface area contributed by atoms with Crippen LogP contribution in [0.15, 0.2) is 51.7 Å². The normalized spacial score (nSPS) is 10.5. The fourth-order valence-electron chi connectivity index (χ4n) is 2.20. The second-order valence-electron chi connectivity index (χ2n) is 4.98. The summed E-state index contributed by atoms with van der Waals surface area (Å²) >= 11 is 3.07. The standard InChI is InChI=1S/C16H10BrFN4O3/c17-12-7-8(18)5-6-11(12)15(24)21-22-16(25)13-9-3-1-2-4-10(9)14(23)20-19-13/h1-7H,(H,20,23)(H,21,24)(H,22,25). The van der Waals surface area contributed by atoms with Crippen molar-refractivity contribution in [2.45, 2.75) is 0 Å². The lowest BCUT2D eigenvalue weighted by Gasteiger charge is -2.09. The third-order valence-electron chi connectivity index (χ3n) is 3.38. The molecule has 0 saturated heterocycles. The Morgan fingerprint density at radius 1 is 1.04 bits per heavy atom. The summed E-state index contributed by atoms with van der Waals surface area (Å²) in [4.78, 5) is 36.1. The van der Waals surface area contributed by atoms with E-state index < -0.39 is 23.2 Å². The Bertz CT molecular complexity index is 1050. The molecule has 0 aliphatic rings. The maximum Gasteiger partial charge on any atom is 0.290 e. The molecule has 0 saturated carbocycles. The number of nitrogens with zero attached hydrogens (tertiary/aromatic N) is 1. The number of carbonyl (C=O) groups is 2. The van der Waals surface area contributed by atoms with Crippen molar-refractivity contribution in [3.8, 4) is 0 Å². The van der Waals surface area contributed by atoms with E-state index in [4.69, 9.17) is 0 Å². The number of hydrogen-bond donors (Lipinski definition) is 3. The van der Waals surface area contributed by atoms with E-state index in [0.29, 0.717) is 10.8 Å². The van der Waals surface area contributed by atoms with Gasteiger partial charge in [0.1, 0.15) is 5.82 Å². The number of H-pyrrole nitrogens is 1. The van der Waals surface area contributed by atoms with Gasteiger partial charge in [-0.2, -0.15) is 5.10 Å². The Morgan fingerprint density at radius 3 is 2.44 bits per heavy atom. The van der Waals surface area contributed by atoms with Crippen LogP contribution < -0.4 is 16.4 Å². The van der Waals surface area contributed by atoms with Crippen molar-refractivity contribution in [2.75, 3.05) is 0 Å². The number of nitrogens with one attached hydrogen (secondary N) is 3. The minimum absolute atomic E-state index is 0.0475. The zero-order chi connectivity index (χ0) is 18.0. The highest BCUT2D eigenvalue weighted by atomic mass is 79.9. The van der Waals surface area contributed by atoms with Crippen LogP contribution in [0, 0.1) is 5.82 Å². The van der Waals surface area contributed by atoms with Crippen LogP contribution in [0.2, 0.25) is 0 Å². The average molecular weight is 405 g/mol. The van der Waals surface area contributed by atoms with Crippen molar-refractivity contribution >= 4 is 38.5 Å². The molecule has 0 spiro atoms. The van der Waals surface area contributed by atoms with E-state index in [-0.39, 0.29) is 15.7 Å². The topological polar surface area (TPSA) is 104 Å². The van der Waals surface area contributed by atoms with Gasteiger partial charge in [0.25, 0.3) is 17.4 Å². The molecule has 0 aliphatic carbocycles. The number of rotatable bonds is 2. The molecule has 0 radical (unpaired) electrons. The van der Waals surface area contributed by atoms with Crippen molar-refractivity contribution in [3.63, 3.8) is 0 Å². The fourth-order valence-corrected chi connectivity index (χ4v) is 2.73. The first kappa shape index (κ1) is 16.8. The number of aromatic nitrogens is 2. The maximum absolute atomic E-state index is 13.1. The Kier molecular flexibility index (Phi) is 4.57. The van der Waals surface area contributed by atoms with Gasteiger partial charge in [-0.15, -0.1) is 0 Å². The van der Waals surface area contributed by atoms with E-state index in [1.54, 1.807) is 24.3 Å². The Hall–Kier alpha value is -3.07. The summed E-state index contributed by atoms with van der Waals surface area (Å²) in [6, 6.07) is 9.98. The summed E-state index contributed by atoms with van der Waals surface area (Å²) in [7, 11) is 0. The van der Waals surface area contributed by atoms with Crippen LogP contribution in [0.5, 0.6) is 0 Å². The first-order valence-electron chi connectivity index (χ1n) is 7.00. The Labute approximate surface area is 148 Å². The molecule has 0 aliphatic heterocycles. The van der Waals surface area contributed by atoms with Gasteiger partial charge in [-0.05, 0) is 40.2 Å². The van der Waals surface area contributed by atoms with Gasteiger partial charge in [-0.1, -0.05) is 18.2 Å². The van der Waals surface area contributed by atoms with Crippen LogP contribution >= 0.6 is 15.9 Å². The molecule has 2 aromatic carbocycles. The number of amides is 2. The maximum atomic E-state index is 13.1. The molecule has 0 unspecified atom stereocenters. The van der Waals surface area contributed by atoms with Gasteiger partial charge in [0.05, 0.1) is 10.9 Å². The van der Waals surface area contributed by atoms with E-state index >= 15 is 0 Å². The zero-order valence-corrected chi connectivity index (χ0v) is 14.1. The number of halogens is 2. The third-order valence-corrected chi connectivity index (χ3v) is 4.03. The number of fused-ring (bicyclic) bond motifs is 1. The highest BCUT2D eigenvalue weighted by Gasteiger charge is 2.16. The first-order valence-corrected chi connectivity index (χ1v) is 7.80. The van der Waals surface area contributed by atoms with Crippen LogP contribution in [0.4, 0.5) is 4.39 Å². The smallest absolute Gasteiger partial charge is 0.267 e. The van der Waals surface area contributed by atoms with Gasteiger partial charge in [-0.3, -0.25) is 25.2 Å². The van der Waals surface area contributed by atoms with Gasteiger partial charge >= 0.3 is 0 Å². The van der Waals surface area contributed by atoms with Crippen LogP contribution in [0.25, 0.3) is 10.8 Å². The molecular weight excluding hydrogens is 395 g/mol. The molecule has 0 fully saturated rings. The lowest BCUT2D eigenvalue weighted by Crippen LogP contribution is -2.42. The van der Waals surface area contributed by atoms with E-state index in [2.05, 4.69) is 37.0 Å². The number of carbonyl (C=O) groups excluding carboxylic acids is 2.